The summed E-state index contributed by atoms with van der Waals surface area (Å²) in [5.41, 5.74) is 1.15. The number of thioether (sulfide) groups is 1. The normalized spacial score (nSPS) is 10.4. The fourth-order valence-electron chi connectivity index (χ4n) is 1.63. The average molecular weight is 307 g/mol. The van der Waals surface area contributed by atoms with Crippen LogP contribution in [0.1, 0.15) is 11.3 Å². The van der Waals surface area contributed by atoms with Crippen molar-refractivity contribution in [3.05, 3.63) is 51.8 Å². The van der Waals surface area contributed by atoms with Crippen LogP contribution in [0, 0.1) is 19.7 Å². The van der Waals surface area contributed by atoms with Crippen molar-refractivity contribution in [2.24, 2.45) is 0 Å². The molecule has 0 spiro atoms. The molecular weight excluding hydrogens is 293 g/mol. The summed E-state index contributed by atoms with van der Waals surface area (Å²) in [5.74, 6) is -0.568. The standard InChI is InChI=1S/C14H14FN3O2S/c1-8-3-4-10(6-11(8)15)17-12(19)7-21-13-5-9(2)16-14(20)18-13/h3-6H,7H2,1-2H3,(H,17,19)(H,16,18,20). The van der Waals surface area contributed by atoms with Gasteiger partial charge in [-0.05, 0) is 37.6 Å². The minimum absolute atomic E-state index is 0.0887. The zero-order valence-corrected chi connectivity index (χ0v) is 12.4. The van der Waals surface area contributed by atoms with Crippen LogP contribution in [-0.2, 0) is 4.79 Å². The van der Waals surface area contributed by atoms with E-state index in [-0.39, 0.29) is 17.5 Å². The maximum Gasteiger partial charge on any atom is 0.346 e. The molecule has 2 rings (SSSR count). The summed E-state index contributed by atoms with van der Waals surface area (Å²) in [7, 11) is 0. The van der Waals surface area contributed by atoms with Crippen LogP contribution in [0.15, 0.2) is 34.1 Å². The Balaban J connectivity index is 1.95. The monoisotopic (exact) mass is 307 g/mol. The van der Waals surface area contributed by atoms with E-state index in [0.29, 0.717) is 22.0 Å². The lowest BCUT2D eigenvalue weighted by molar-refractivity contribution is -0.113. The molecular formula is C14H14FN3O2S. The second-order valence-corrected chi connectivity index (χ2v) is 5.50. The van der Waals surface area contributed by atoms with Crippen LogP contribution >= 0.6 is 11.8 Å². The molecule has 1 aromatic carbocycles. The van der Waals surface area contributed by atoms with Gasteiger partial charge in [0, 0.05) is 11.4 Å². The quantitative estimate of drug-likeness (QED) is 0.671. The van der Waals surface area contributed by atoms with Crippen molar-refractivity contribution in [3.63, 3.8) is 0 Å². The number of nitrogens with one attached hydrogen (secondary N) is 2. The maximum absolute atomic E-state index is 13.4. The van der Waals surface area contributed by atoms with Gasteiger partial charge in [-0.1, -0.05) is 17.8 Å². The zero-order valence-electron chi connectivity index (χ0n) is 11.6. The first-order chi connectivity index (χ1) is 9.94. The molecule has 0 saturated heterocycles. The van der Waals surface area contributed by atoms with Crippen LogP contribution in [0.25, 0.3) is 0 Å². The third-order valence-corrected chi connectivity index (χ3v) is 3.57. The maximum atomic E-state index is 13.4. The summed E-state index contributed by atoms with van der Waals surface area (Å²) in [4.78, 5) is 29.3. The number of carbonyl (C=O) groups excluding carboxylic acids is 1. The minimum Gasteiger partial charge on any atom is -0.325 e. The van der Waals surface area contributed by atoms with E-state index in [0.717, 1.165) is 11.8 Å². The van der Waals surface area contributed by atoms with Crippen molar-refractivity contribution in [1.82, 2.24) is 9.97 Å². The number of anilines is 1. The number of hydrogen-bond acceptors (Lipinski definition) is 4. The van der Waals surface area contributed by atoms with Gasteiger partial charge in [0.1, 0.15) is 10.8 Å². The number of halogens is 1. The van der Waals surface area contributed by atoms with Crippen molar-refractivity contribution >= 4 is 23.4 Å². The number of rotatable bonds is 4. The molecule has 5 nitrogen and oxygen atoms in total. The molecule has 2 aromatic rings. The van der Waals surface area contributed by atoms with E-state index in [4.69, 9.17) is 0 Å². The molecule has 0 radical (unpaired) electrons. The van der Waals surface area contributed by atoms with Crippen LogP contribution in [-0.4, -0.2) is 21.6 Å². The van der Waals surface area contributed by atoms with Crippen molar-refractivity contribution in [3.8, 4) is 0 Å². The van der Waals surface area contributed by atoms with Crippen LogP contribution in [0.2, 0.25) is 0 Å². The highest BCUT2D eigenvalue weighted by molar-refractivity contribution is 7.99. The average Bonchev–Trinajstić information content (AvgIpc) is 2.40. The Bertz CT molecular complexity index is 730. The lowest BCUT2D eigenvalue weighted by Crippen LogP contribution is -2.16. The fraction of sp³-hybridized carbons (Fsp3) is 0.214. The molecule has 110 valence electrons. The molecule has 1 heterocycles. The molecule has 0 bridgehead atoms. The summed E-state index contributed by atoms with van der Waals surface area (Å²) in [6.45, 7) is 3.39. The number of amides is 1. The summed E-state index contributed by atoms with van der Waals surface area (Å²) in [6, 6.07) is 6.19. The summed E-state index contributed by atoms with van der Waals surface area (Å²) in [6.07, 6.45) is 0. The molecule has 0 aliphatic heterocycles. The first-order valence-corrected chi connectivity index (χ1v) is 7.19. The number of carbonyl (C=O) groups is 1. The van der Waals surface area contributed by atoms with Gasteiger partial charge in [0.05, 0.1) is 5.75 Å². The van der Waals surface area contributed by atoms with Crippen LogP contribution in [0.5, 0.6) is 0 Å². The summed E-state index contributed by atoms with van der Waals surface area (Å²) < 4.78 is 13.4. The van der Waals surface area contributed by atoms with Crippen molar-refractivity contribution in [2.75, 3.05) is 11.1 Å². The van der Waals surface area contributed by atoms with Crippen LogP contribution in [0.4, 0.5) is 10.1 Å². The molecule has 0 atom stereocenters. The number of H-pyrrole nitrogens is 1. The number of nitrogens with zero attached hydrogens (tertiary/aromatic N) is 1. The summed E-state index contributed by atoms with van der Waals surface area (Å²) in [5, 5.41) is 3.07. The van der Waals surface area contributed by atoms with E-state index in [1.807, 2.05) is 0 Å². The zero-order chi connectivity index (χ0) is 15.4. The third kappa shape index (κ3) is 4.42. The fourth-order valence-corrected chi connectivity index (χ4v) is 2.39. The topological polar surface area (TPSA) is 74.8 Å². The second kappa shape index (κ2) is 6.53. The van der Waals surface area contributed by atoms with Gasteiger partial charge in [-0.15, -0.1) is 0 Å². The molecule has 0 saturated carbocycles. The van der Waals surface area contributed by atoms with Crippen LogP contribution < -0.4 is 11.0 Å². The second-order valence-electron chi connectivity index (χ2n) is 4.51. The van der Waals surface area contributed by atoms with E-state index < -0.39 is 5.69 Å². The van der Waals surface area contributed by atoms with Gasteiger partial charge in [0.15, 0.2) is 0 Å². The Kier molecular flexibility index (Phi) is 4.74. The van der Waals surface area contributed by atoms with E-state index in [2.05, 4.69) is 15.3 Å². The minimum atomic E-state index is -0.446. The Morgan fingerprint density at radius 2 is 2.14 bits per heavy atom. The number of aromatic amines is 1. The number of hydrogen-bond donors (Lipinski definition) is 2. The lowest BCUT2D eigenvalue weighted by atomic mass is 10.2. The van der Waals surface area contributed by atoms with Crippen LogP contribution in [0.3, 0.4) is 0 Å². The van der Waals surface area contributed by atoms with E-state index in [9.17, 15) is 14.0 Å². The highest BCUT2D eigenvalue weighted by Crippen LogP contribution is 2.16. The van der Waals surface area contributed by atoms with Gasteiger partial charge in [-0.25, -0.2) is 9.18 Å². The first-order valence-electron chi connectivity index (χ1n) is 6.21. The molecule has 1 aromatic heterocycles. The Morgan fingerprint density at radius 3 is 2.81 bits per heavy atom. The molecule has 0 aliphatic carbocycles. The van der Waals surface area contributed by atoms with Gasteiger partial charge in [-0.3, -0.25) is 4.79 Å². The molecule has 1 amide bonds. The Labute approximate surface area is 125 Å². The van der Waals surface area contributed by atoms with E-state index in [1.165, 1.54) is 6.07 Å². The third-order valence-electron chi connectivity index (χ3n) is 2.66. The summed E-state index contributed by atoms with van der Waals surface area (Å²) >= 11 is 1.15. The molecule has 0 unspecified atom stereocenters. The predicted octanol–water partition coefficient (Wildman–Crippen LogP) is 2.26. The van der Waals surface area contributed by atoms with E-state index in [1.54, 1.807) is 32.0 Å². The molecule has 7 heteroatoms. The molecule has 0 fully saturated rings. The number of aromatic nitrogens is 2. The smallest absolute Gasteiger partial charge is 0.325 e. The Morgan fingerprint density at radius 1 is 1.38 bits per heavy atom. The number of aryl methyl sites for hydroxylation is 2. The number of benzene rings is 1. The first kappa shape index (κ1) is 15.2. The van der Waals surface area contributed by atoms with Gasteiger partial charge in [-0.2, -0.15) is 4.98 Å². The Hall–Kier alpha value is -2.15. The van der Waals surface area contributed by atoms with Crippen molar-refractivity contribution in [1.29, 1.82) is 0 Å². The molecule has 21 heavy (non-hydrogen) atoms. The highest BCUT2D eigenvalue weighted by Gasteiger charge is 2.07. The molecule has 2 N–H and O–H groups in total. The van der Waals surface area contributed by atoms with E-state index >= 15 is 0 Å². The van der Waals surface area contributed by atoms with Crippen molar-refractivity contribution in [2.45, 2.75) is 18.9 Å². The molecule has 0 aliphatic rings. The largest absolute Gasteiger partial charge is 0.346 e. The SMILES string of the molecule is Cc1cc(SCC(=O)Nc2ccc(C)c(F)c2)nc(=O)[nH]1. The lowest BCUT2D eigenvalue weighted by Gasteiger charge is -2.06. The predicted molar refractivity (Wildman–Crippen MR) is 80.1 cm³/mol. The van der Waals surface area contributed by atoms with Gasteiger partial charge < -0.3 is 10.3 Å². The van der Waals surface area contributed by atoms with Gasteiger partial charge >= 0.3 is 5.69 Å². The highest BCUT2D eigenvalue weighted by atomic mass is 32.2. The van der Waals surface area contributed by atoms with Crippen molar-refractivity contribution < 1.29 is 9.18 Å². The van der Waals surface area contributed by atoms with Gasteiger partial charge in [0.25, 0.3) is 0 Å². The van der Waals surface area contributed by atoms with Gasteiger partial charge in [0.2, 0.25) is 5.91 Å².